The Morgan fingerprint density at radius 2 is 0.943 bits per heavy atom. The molecule has 2 atom stereocenters. The Morgan fingerprint density at radius 3 is 1.32 bits per heavy atom. The minimum atomic E-state index is -1.10. The SMILES string of the molecule is NC(=O)[C@H](Cc1ccccc1)NC(=O)CNC(=O)OCc1ccccc1.N[C@@H](Cc1ccccc1)C(=O)O.O=C(O)CNC(=O)OCc1ccccc1. The smallest absolute Gasteiger partial charge is 0.407 e. The van der Waals surface area contributed by atoms with Gasteiger partial charge in [0.2, 0.25) is 11.8 Å². The molecule has 280 valence electrons. The summed E-state index contributed by atoms with van der Waals surface area (Å²) < 4.78 is 9.77. The van der Waals surface area contributed by atoms with Crippen molar-refractivity contribution in [3.63, 3.8) is 0 Å². The Balaban J connectivity index is 0.000000304. The van der Waals surface area contributed by atoms with E-state index in [1.165, 1.54) is 0 Å². The lowest BCUT2D eigenvalue weighted by molar-refractivity contribution is -0.138. The lowest BCUT2D eigenvalue weighted by atomic mass is 10.1. The molecular weight excluding hydrogens is 686 g/mol. The summed E-state index contributed by atoms with van der Waals surface area (Å²) in [6.45, 7) is -0.516. The van der Waals surface area contributed by atoms with Crippen LogP contribution in [0.5, 0.6) is 0 Å². The molecule has 0 fully saturated rings. The third-order valence-corrected chi connectivity index (χ3v) is 6.78. The fraction of sp³-hybridized carbons (Fsp3) is 0.211. The second kappa shape index (κ2) is 24.4. The van der Waals surface area contributed by atoms with E-state index in [2.05, 4.69) is 16.0 Å². The van der Waals surface area contributed by atoms with Crippen LogP contribution in [0.1, 0.15) is 22.3 Å². The molecule has 4 aromatic carbocycles. The molecule has 0 saturated carbocycles. The number of alkyl carbamates (subject to hydrolysis) is 2. The number of hydrogen-bond acceptors (Lipinski definition) is 9. The number of aliphatic carboxylic acids is 2. The van der Waals surface area contributed by atoms with Gasteiger partial charge in [0.15, 0.2) is 0 Å². The Labute approximate surface area is 306 Å². The van der Waals surface area contributed by atoms with Crippen molar-refractivity contribution in [3.8, 4) is 0 Å². The number of ether oxygens (including phenoxy) is 2. The van der Waals surface area contributed by atoms with Crippen molar-refractivity contribution in [2.45, 2.75) is 38.1 Å². The fourth-order valence-electron chi connectivity index (χ4n) is 4.12. The van der Waals surface area contributed by atoms with Crippen LogP contribution < -0.4 is 27.4 Å². The molecular formula is C38H43N5O10. The van der Waals surface area contributed by atoms with E-state index in [4.69, 9.17) is 31.2 Å². The summed E-state index contributed by atoms with van der Waals surface area (Å²) in [6.07, 6.45) is -0.791. The number of rotatable bonds is 15. The van der Waals surface area contributed by atoms with Gasteiger partial charge in [0.25, 0.3) is 0 Å². The number of carboxylic acids is 2. The molecule has 0 aromatic heterocycles. The zero-order chi connectivity index (χ0) is 38.8. The van der Waals surface area contributed by atoms with Crippen LogP contribution in [0.3, 0.4) is 0 Å². The van der Waals surface area contributed by atoms with Crippen molar-refractivity contribution < 1.29 is 48.5 Å². The van der Waals surface area contributed by atoms with Crippen molar-refractivity contribution >= 4 is 35.9 Å². The fourth-order valence-corrected chi connectivity index (χ4v) is 4.12. The second-order valence-electron chi connectivity index (χ2n) is 11.1. The van der Waals surface area contributed by atoms with Crippen molar-refractivity contribution in [1.29, 1.82) is 0 Å². The van der Waals surface area contributed by atoms with E-state index >= 15 is 0 Å². The first-order valence-electron chi connectivity index (χ1n) is 16.2. The van der Waals surface area contributed by atoms with E-state index in [-0.39, 0.29) is 26.2 Å². The van der Waals surface area contributed by atoms with E-state index in [1.54, 1.807) is 0 Å². The number of carbonyl (C=O) groups is 6. The van der Waals surface area contributed by atoms with Crippen molar-refractivity contribution in [3.05, 3.63) is 144 Å². The number of amides is 4. The number of primary amides is 1. The van der Waals surface area contributed by atoms with Gasteiger partial charge >= 0.3 is 24.1 Å². The molecule has 4 aromatic rings. The predicted octanol–water partition coefficient (Wildman–Crippen LogP) is 2.76. The highest BCUT2D eigenvalue weighted by atomic mass is 16.6. The molecule has 15 heteroatoms. The molecule has 4 amide bonds. The van der Waals surface area contributed by atoms with Gasteiger partial charge in [-0.3, -0.25) is 19.2 Å². The zero-order valence-electron chi connectivity index (χ0n) is 28.8. The molecule has 0 aliphatic carbocycles. The molecule has 0 heterocycles. The second-order valence-corrected chi connectivity index (χ2v) is 11.1. The number of nitrogens with one attached hydrogen (secondary N) is 3. The van der Waals surface area contributed by atoms with Crippen LogP contribution in [0, 0.1) is 0 Å². The van der Waals surface area contributed by atoms with Gasteiger partial charge in [-0.2, -0.15) is 0 Å². The van der Waals surface area contributed by atoms with Gasteiger partial charge in [0.05, 0.1) is 0 Å². The van der Waals surface area contributed by atoms with Crippen LogP contribution >= 0.6 is 0 Å². The third-order valence-electron chi connectivity index (χ3n) is 6.78. The van der Waals surface area contributed by atoms with Crippen LogP contribution in [0.2, 0.25) is 0 Å². The maximum Gasteiger partial charge on any atom is 0.407 e. The first kappa shape index (κ1) is 42.4. The molecule has 0 aliphatic rings. The molecule has 9 N–H and O–H groups in total. The first-order chi connectivity index (χ1) is 25.4. The molecule has 53 heavy (non-hydrogen) atoms. The highest BCUT2D eigenvalue weighted by molar-refractivity contribution is 5.88. The average molecular weight is 730 g/mol. The maximum absolute atomic E-state index is 11.9. The average Bonchev–Trinajstić information content (AvgIpc) is 3.16. The van der Waals surface area contributed by atoms with E-state index in [0.29, 0.717) is 6.42 Å². The maximum atomic E-state index is 11.9. The lowest BCUT2D eigenvalue weighted by Crippen LogP contribution is -2.49. The van der Waals surface area contributed by atoms with E-state index in [1.807, 2.05) is 121 Å². The Morgan fingerprint density at radius 1 is 0.566 bits per heavy atom. The molecule has 0 spiro atoms. The van der Waals surface area contributed by atoms with Gasteiger partial charge in [0.1, 0.15) is 38.4 Å². The monoisotopic (exact) mass is 729 g/mol. The van der Waals surface area contributed by atoms with E-state index in [9.17, 15) is 28.8 Å². The Hall–Kier alpha value is -6.74. The summed E-state index contributed by atoms with van der Waals surface area (Å²) in [7, 11) is 0. The molecule has 0 saturated heterocycles. The number of hydrogen-bond donors (Lipinski definition) is 7. The highest BCUT2D eigenvalue weighted by Gasteiger charge is 2.19. The van der Waals surface area contributed by atoms with Crippen LogP contribution in [0.4, 0.5) is 9.59 Å². The normalized spacial score (nSPS) is 11.0. The van der Waals surface area contributed by atoms with Gasteiger partial charge in [-0.25, -0.2) is 9.59 Å². The minimum absolute atomic E-state index is 0.103. The predicted molar refractivity (Wildman–Crippen MR) is 194 cm³/mol. The molecule has 15 nitrogen and oxygen atoms in total. The van der Waals surface area contributed by atoms with E-state index in [0.717, 1.165) is 22.3 Å². The summed E-state index contributed by atoms with van der Waals surface area (Å²) in [6, 6.07) is 35.2. The van der Waals surface area contributed by atoms with Crippen molar-refractivity contribution in [1.82, 2.24) is 16.0 Å². The lowest BCUT2D eigenvalue weighted by Gasteiger charge is -2.16. The van der Waals surface area contributed by atoms with Gasteiger partial charge < -0.3 is 47.1 Å². The Bertz CT molecular complexity index is 1710. The highest BCUT2D eigenvalue weighted by Crippen LogP contribution is 2.04. The van der Waals surface area contributed by atoms with Crippen LogP contribution in [0.25, 0.3) is 0 Å². The van der Waals surface area contributed by atoms with Gasteiger partial charge in [-0.1, -0.05) is 121 Å². The summed E-state index contributed by atoms with van der Waals surface area (Å²) >= 11 is 0. The van der Waals surface area contributed by atoms with Crippen LogP contribution in [-0.2, 0) is 54.7 Å². The largest absolute Gasteiger partial charge is 0.480 e. The van der Waals surface area contributed by atoms with Crippen LogP contribution in [-0.4, -0.2) is 71.3 Å². The van der Waals surface area contributed by atoms with Gasteiger partial charge in [0, 0.05) is 6.42 Å². The standard InChI is InChI=1S/C19H21N3O4.C10H11NO4.C9H11NO2/c20-18(24)16(11-14-7-3-1-4-8-14)22-17(23)12-21-19(25)26-13-15-9-5-2-6-10-15;12-9(13)6-11-10(14)15-7-8-4-2-1-3-5-8;10-8(9(11)12)6-7-4-2-1-3-5-7/h1-10,16H,11-13H2,(H2,20,24)(H,21,25)(H,22,23);1-5H,6-7H2,(H,11,14)(H,12,13);1-5,8H,6,10H2,(H,11,12)/t16-;;8-/m0.0/s1. The summed E-state index contributed by atoms with van der Waals surface area (Å²) in [5.41, 5.74) is 14.2. The summed E-state index contributed by atoms with van der Waals surface area (Å²) in [5, 5.41) is 23.7. The zero-order valence-corrected chi connectivity index (χ0v) is 28.8. The third kappa shape index (κ3) is 19.9. The molecule has 0 unspecified atom stereocenters. The van der Waals surface area contributed by atoms with Crippen molar-refractivity contribution in [2.75, 3.05) is 13.1 Å². The van der Waals surface area contributed by atoms with Gasteiger partial charge in [-0.15, -0.1) is 0 Å². The molecule has 0 aliphatic heterocycles. The first-order valence-corrected chi connectivity index (χ1v) is 16.2. The molecule has 0 radical (unpaired) electrons. The number of carbonyl (C=O) groups excluding carboxylic acids is 4. The molecule has 0 bridgehead atoms. The summed E-state index contributed by atoms with van der Waals surface area (Å²) in [5.74, 6) is -3.24. The number of benzene rings is 4. The Kier molecular flexibility index (Phi) is 19.5. The van der Waals surface area contributed by atoms with Crippen molar-refractivity contribution in [2.24, 2.45) is 11.5 Å². The number of nitrogens with two attached hydrogens (primary N) is 2. The van der Waals surface area contributed by atoms with E-state index < -0.39 is 54.6 Å². The van der Waals surface area contributed by atoms with Crippen LogP contribution in [0.15, 0.2) is 121 Å². The number of carboxylic acid groups (broad SMARTS) is 2. The topological polar surface area (TPSA) is 249 Å². The summed E-state index contributed by atoms with van der Waals surface area (Å²) in [4.78, 5) is 66.5. The van der Waals surface area contributed by atoms with Gasteiger partial charge in [-0.05, 0) is 28.7 Å². The minimum Gasteiger partial charge on any atom is -0.480 e. The molecule has 4 rings (SSSR count). The quantitative estimate of drug-likeness (QED) is 0.0937.